The highest BCUT2D eigenvalue weighted by atomic mass is 19.1. The van der Waals surface area contributed by atoms with E-state index >= 15 is 0 Å². The Bertz CT molecular complexity index is 1390. The number of hydrogen-bond donors (Lipinski definition) is 1. The maximum Gasteiger partial charge on any atom is 0.339 e. The number of anilines is 1. The number of fused-ring (bicyclic) bond motifs is 1. The van der Waals surface area contributed by atoms with Gasteiger partial charge in [0.25, 0.3) is 0 Å². The van der Waals surface area contributed by atoms with Gasteiger partial charge in [0, 0.05) is 23.4 Å². The van der Waals surface area contributed by atoms with Gasteiger partial charge in [0.1, 0.15) is 5.82 Å². The van der Waals surface area contributed by atoms with Crippen LogP contribution in [0.5, 0.6) is 0 Å². The molecule has 0 unspecified atom stereocenters. The molecule has 0 aliphatic heterocycles. The quantitative estimate of drug-likeness (QED) is 0.417. The number of esters is 1. The van der Waals surface area contributed by atoms with E-state index in [-0.39, 0.29) is 18.1 Å². The van der Waals surface area contributed by atoms with E-state index in [9.17, 15) is 14.0 Å². The van der Waals surface area contributed by atoms with E-state index in [1.807, 2.05) is 20.8 Å². The lowest BCUT2D eigenvalue weighted by molar-refractivity contribution is -0.116. The van der Waals surface area contributed by atoms with Crippen molar-refractivity contribution < 1.29 is 18.7 Å². The molecule has 0 aliphatic carbocycles. The Morgan fingerprint density at radius 3 is 2.44 bits per heavy atom. The van der Waals surface area contributed by atoms with E-state index in [4.69, 9.17) is 9.72 Å². The van der Waals surface area contributed by atoms with Gasteiger partial charge in [-0.15, -0.1) is 0 Å². The predicted molar refractivity (Wildman–Crippen MR) is 127 cm³/mol. The normalized spacial score (nSPS) is 11.0. The first-order chi connectivity index (χ1) is 16.3. The number of carbonyl (C=O) groups is 2. The van der Waals surface area contributed by atoms with E-state index in [0.717, 1.165) is 33.8 Å². The summed E-state index contributed by atoms with van der Waals surface area (Å²) in [5.41, 5.74) is 6.51. The van der Waals surface area contributed by atoms with Crippen LogP contribution in [-0.2, 0) is 16.0 Å². The van der Waals surface area contributed by atoms with Crippen molar-refractivity contribution in [1.82, 2.24) is 14.6 Å². The summed E-state index contributed by atoms with van der Waals surface area (Å²) in [6.07, 6.45) is 0.660. The zero-order valence-corrected chi connectivity index (χ0v) is 19.5. The third kappa shape index (κ3) is 4.39. The molecule has 0 fully saturated rings. The molecule has 2 aromatic heterocycles. The van der Waals surface area contributed by atoms with Gasteiger partial charge in [0.2, 0.25) is 5.91 Å². The molecule has 0 atom stereocenters. The first-order valence-corrected chi connectivity index (χ1v) is 10.9. The molecule has 1 amide bonds. The lowest BCUT2D eigenvalue weighted by atomic mass is 10.0. The van der Waals surface area contributed by atoms with Crippen molar-refractivity contribution in [2.45, 2.75) is 33.6 Å². The van der Waals surface area contributed by atoms with Gasteiger partial charge in [0.05, 0.1) is 24.1 Å². The Labute approximate surface area is 196 Å². The van der Waals surface area contributed by atoms with Crippen LogP contribution in [0.3, 0.4) is 0 Å². The monoisotopic (exact) mass is 460 g/mol. The third-order valence-corrected chi connectivity index (χ3v) is 5.84. The van der Waals surface area contributed by atoms with Gasteiger partial charge < -0.3 is 10.1 Å². The number of aromatic nitrogens is 3. The van der Waals surface area contributed by atoms with Crippen LogP contribution in [0.2, 0.25) is 0 Å². The SMILES string of the molecule is COC(=O)c1ccccc1NC(=O)CCc1c(C)nc2c(-c3ccc(F)cc3)c(C)nn2c1C. The summed E-state index contributed by atoms with van der Waals surface area (Å²) in [6.45, 7) is 5.75. The number of nitrogens with zero attached hydrogens (tertiary/aromatic N) is 3. The number of methoxy groups -OCH3 is 1. The van der Waals surface area contributed by atoms with Crippen LogP contribution in [0.1, 0.15) is 39.4 Å². The molecule has 7 nitrogen and oxygen atoms in total. The number of carbonyl (C=O) groups excluding carboxylic acids is 2. The summed E-state index contributed by atoms with van der Waals surface area (Å²) in [4.78, 5) is 29.4. The van der Waals surface area contributed by atoms with Crippen LogP contribution >= 0.6 is 0 Å². The van der Waals surface area contributed by atoms with Gasteiger partial charge in [0.15, 0.2) is 5.65 Å². The molecule has 8 heteroatoms. The van der Waals surface area contributed by atoms with Crippen LogP contribution in [0, 0.1) is 26.6 Å². The molecule has 0 saturated carbocycles. The number of benzene rings is 2. The lowest BCUT2D eigenvalue weighted by Crippen LogP contribution is -2.16. The number of halogens is 1. The number of ether oxygens (including phenoxy) is 1. The maximum atomic E-state index is 13.4. The molecule has 1 N–H and O–H groups in total. The second-order valence-corrected chi connectivity index (χ2v) is 8.05. The number of nitrogens with one attached hydrogen (secondary N) is 1. The second kappa shape index (κ2) is 9.43. The summed E-state index contributed by atoms with van der Waals surface area (Å²) in [5, 5.41) is 7.46. The molecule has 0 bridgehead atoms. The number of para-hydroxylation sites is 1. The zero-order valence-electron chi connectivity index (χ0n) is 19.5. The summed E-state index contributed by atoms with van der Waals surface area (Å²) in [7, 11) is 1.30. The van der Waals surface area contributed by atoms with Crippen LogP contribution in [0.25, 0.3) is 16.8 Å². The lowest BCUT2D eigenvalue weighted by Gasteiger charge is -2.13. The van der Waals surface area contributed by atoms with Gasteiger partial charge in [-0.05, 0) is 62.6 Å². The number of amides is 1. The molecule has 0 aliphatic rings. The van der Waals surface area contributed by atoms with Crippen molar-refractivity contribution >= 4 is 23.2 Å². The molecular formula is C26H25FN4O3. The van der Waals surface area contributed by atoms with Crippen molar-refractivity contribution in [3.05, 3.63) is 82.6 Å². The molecule has 34 heavy (non-hydrogen) atoms. The largest absolute Gasteiger partial charge is 0.465 e. The maximum absolute atomic E-state index is 13.4. The number of rotatable bonds is 6. The van der Waals surface area contributed by atoms with E-state index in [0.29, 0.717) is 23.3 Å². The van der Waals surface area contributed by atoms with Crippen LogP contribution in [-0.4, -0.2) is 33.6 Å². The molecular weight excluding hydrogens is 435 g/mol. The fourth-order valence-electron chi connectivity index (χ4n) is 4.12. The van der Waals surface area contributed by atoms with E-state index in [1.165, 1.54) is 19.2 Å². The Hall–Kier alpha value is -4.07. The highest BCUT2D eigenvalue weighted by Crippen LogP contribution is 2.29. The highest BCUT2D eigenvalue weighted by molar-refractivity contribution is 6.01. The molecule has 2 heterocycles. The van der Waals surface area contributed by atoms with E-state index < -0.39 is 5.97 Å². The molecule has 0 radical (unpaired) electrons. The van der Waals surface area contributed by atoms with Crippen molar-refractivity contribution in [1.29, 1.82) is 0 Å². The third-order valence-electron chi connectivity index (χ3n) is 5.84. The van der Waals surface area contributed by atoms with Gasteiger partial charge in [-0.2, -0.15) is 5.10 Å². The van der Waals surface area contributed by atoms with Gasteiger partial charge >= 0.3 is 5.97 Å². The van der Waals surface area contributed by atoms with Gasteiger partial charge in [-0.3, -0.25) is 4.79 Å². The van der Waals surface area contributed by atoms with Crippen molar-refractivity contribution in [2.24, 2.45) is 0 Å². The minimum absolute atomic E-state index is 0.204. The number of aryl methyl sites for hydroxylation is 3. The van der Waals surface area contributed by atoms with Crippen molar-refractivity contribution in [3.63, 3.8) is 0 Å². The average Bonchev–Trinajstić information content (AvgIpc) is 3.15. The number of hydrogen-bond acceptors (Lipinski definition) is 5. The standard InChI is InChI=1S/C26H25FN4O3/c1-15-20(13-14-23(32)29-22-8-6-5-7-21(22)26(33)34-4)17(3)31-25(28-15)24(16(2)30-31)18-9-11-19(27)12-10-18/h5-12H,13-14H2,1-4H3,(H,29,32). The molecule has 2 aromatic carbocycles. The molecule has 0 saturated heterocycles. The van der Waals surface area contributed by atoms with Crippen molar-refractivity contribution in [3.8, 4) is 11.1 Å². The summed E-state index contributed by atoms with van der Waals surface area (Å²) >= 11 is 0. The van der Waals surface area contributed by atoms with Crippen molar-refractivity contribution in [2.75, 3.05) is 12.4 Å². The summed E-state index contributed by atoms with van der Waals surface area (Å²) in [6, 6.07) is 13.0. The Kier molecular flexibility index (Phi) is 6.40. The Morgan fingerprint density at radius 2 is 1.74 bits per heavy atom. The van der Waals surface area contributed by atoms with E-state index in [2.05, 4.69) is 10.4 Å². The molecule has 174 valence electrons. The minimum atomic E-state index is -0.511. The summed E-state index contributed by atoms with van der Waals surface area (Å²) in [5.74, 6) is -1.03. The smallest absolute Gasteiger partial charge is 0.339 e. The summed E-state index contributed by atoms with van der Waals surface area (Å²) < 4.78 is 20.0. The van der Waals surface area contributed by atoms with E-state index in [1.54, 1.807) is 40.9 Å². The van der Waals surface area contributed by atoms with Gasteiger partial charge in [-0.25, -0.2) is 18.7 Å². The van der Waals surface area contributed by atoms with Gasteiger partial charge in [-0.1, -0.05) is 24.3 Å². The van der Waals surface area contributed by atoms with Crippen LogP contribution < -0.4 is 5.32 Å². The zero-order chi connectivity index (χ0) is 24.4. The van der Waals surface area contributed by atoms with Crippen LogP contribution in [0.4, 0.5) is 10.1 Å². The Balaban J connectivity index is 1.58. The highest BCUT2D eigenvalue weighted by Gasteiger charge is 2.19. The first-order valence-electron chi connectivity index (χ1n) is 10.9. The average molecular weight is 461 g/mol. The topological polar surface area (TPSA) is 85.6 Å². The molecule has 4 rings (SSSR count). The minimum Gasteiger partial charge on any atom is -0.465 e. The second-order valence-electron chi connectivity index (χ2n) is 8.05. The molecule has 0 spiro atoms. The van der Waals surface area contributed by atoms with Crippen LogP contribution in [0.15, 0.2) is 48.5 Å². The fourth-order valence-corrected chi connectivity index (χ4v) is 4.12. The Morgan fingerprint density at radius 1 is 1.03 bits per heavy atom. The fraction of sp³-hybridized carbons (Fsp3) is 0.231. The predicted octanol–water partition coefficient (Wildman–Crippen LogP) is 4.82. The molecule has 4 aromatic rings. The first kappa shape index (κ1) is 23.1.